The number of para-hydroxylation sites is 1. The Morgan fingerprint density at radius 1 is 1.33 bits per heavy atom. The second kappa shape index (κ2) is 4.52. The van der Waals surface area contributed by atoms with Crippen LogP contribution < -0.4 is 10.5 Å². The van der Waals surface area contributed by atoms with Gasteiger partial charge < -0.3 is 15.0 Å². The van der Waals surface area contributed by atoms with E-state index in [0.29, 0.717) is 12.6 Å². The van der Waals surface area contributed by atoms with Crippen LogP contribution in [0.3, 0.4) is 0 Å². The number of imidazole rings is 1. The van der Waals surface area contributed by atoms with Gasteiger partial charge in [0, 0.05) is 5.54 Å². The van der Waals surface area contributed by atoms with Crippen LogP contribution in [0.1, 0.15) is 34.1 Å². The third-order valence-electron chi connectivity index (χ3n) is 2.81. The minimum absolute atomic E-state index is 0.0950. The van der Waals surface area contributed by atoms with E-state index in [1.807, 2.05) is 22.8 Å². The van der Waals surface area contributed by atoms with E-state index in [1.165, 1.54) is 0 Å². The van der Waals surface area contributed by atoms with E-state index >= 15 is 0 Å². The molecule has 0 spiro atoms. The van der Waals surface area contributed by atoms with Crippen LogP contribution in [-0.4, -0.2) is 16.2 Å². The summed E-state index contributed by atoms with van der Waals surface area (Å²) in [5.74, 6) is 1.34. The quantitative estimate of drug-likeness (QED) is 0.906. The summed E-state index contributed by atoms with van der Waals surface area (Å²) in [6, 6.07) is 5.96. The molecule has 1 heterocycles. The maximum absolute atomic E-state index is 6.03. The van der Waals surface area contributed by atoms with Crippen molar-refractivity contribution < 1.29 is 4.74 Å². The highest BCUT2D eigenvalue weighted by atomic mass is 16.5. The molecule has 0 aliphatic rings. The molecule has 0 fully saturated rings. The Bertz CT molecular complexity index is 552. The van der Waals surface area contributed by atoms with Crippen LogP contribution in [0.15, 0.2) is 18.2 Å². The molecule has 0 amide bonds. The van der Waals surface area contributed by atoms with Gasteiger partial charge in [-0.3, -0.25) is 0 Å². The smallest absolute Gasteiger partial charge is 0.201 e. The standard InChI is InChI=1S/C14H21N3O/c1-5-9-18-11-8-6-7-10-12(11)16-13(15)17(10)14(2,3)4/h6-8H,5,9H2,1-4H3,(H2,15,16). The van der Waals surface area contributed by atoms with Crippen molar-refractivity contribution in [3.8, 4) is 5.75 Å². The normalized spacial score (nSPS) is 12.0. The number of nitrogens with two attached hydrogens (primary N) is 1. The second-order valence-electron chi connectivity index (χ2n) is 5.45. The first-order valence-electron chi connectivity index (χ1n) is 6.35. The van der Waals surface area contributed by atoms with Crippen LogP contribution >= 0.6 is 0 Å². The van der Waals surface area contributed by atoms with Gasteiger partial charge in [0.05, 0.1) is 12.1 Å². The average Bonchev–Trinajstić information content (AvgIpc) is 2.62. The molecule has 0 unspecified atom stereocenters. The zero-order valence-corrected chi connectivity index (χ0v) is 11.5. The number of rotatable bonds is 3. The van der Waals surface area contributed by atoms with Crippen molar-refractivity contribution in [3.05, 3.63) is 18.2 Å². The molecule has 0 bridgehead atoms. The van der Waals surface area contributed by atoms with Crippen LogP contribution in [0.5, 0.6) is 5.75 Å². The van der Waals surface area contributed by atoms with Crippen molar-refractivity contribution >= 4 is 17.0 Å². The lowest BCUT2D eigenvalue weighted by molar-refractivity contribution is 0.320. The molecular weight excluding hydrogens is 226 g/mol. The summed E-state index contributed by atoms with van der Waals surface area (Å²) >= 11 is 0. The van der Waals surface area contributed by atoms with Crippen molar-refractivity contribution in [2.45, 2.75) is 39.7 Å². The second-order valence-corrected chi connectivity index (χ2v) is 5.45. The Morgan fingerprint density at radius 2 is 2.06 bits per heavy atom. The molecule has 0 saturated heterocycles. The fourth-order valence-corrected chi connectivity index (χ4v) is 2.13. The maximum atomic E-state index is 6.03. The Hall–Kier alpha value is -1.71. The monoisotopic (exact) mass is 247 g/mol. The molecule has 18 heavy (non-hydrogen) atoms. The highest BCUT2D eigenvalue weighted by Crippen LogP contribution is 2.31. The van der Waals surface area contributed by atoms with E-state index in [-0.39, 0.29) is 5.54 Å². The third kappa shape index (κ3) is 2.15. The minimum Gasteiger partial charge on any atom is -0.491 e. The van der Waals surface area contributed by atoms with Crippen LogP contribution in [0.2, 0.25) is 0 Å². The van der Waals surface area contributed by atoms with Gasteiger partial charge in [-0.25, -0.2) is 4.98 Å². The lowest BCUT2D eigenvalue weighted by Gasteiger charge is -2.23. The lowest BCUT2D eigenvalue weighted by atomic mass is 10.1. The minimum atomic E-state index is -0.0950. The molecule has 4 nitrogen and oxygen atoms in total. The van der Waals surface area contributed by atoms with E-state index in [9.17, 15) is 0 Å². The molecule has 4 heteroatoms. The van der Waals surface area contributed by atoms with Gasteiger partial charge in [-0.2, -0.15) is 0 Å². The zero-order chi connectivity index (χ0) is 13.3. The lowest BCUT2D eigenvalue weighted by Crippen LogP contribution is -2.23. The molecule has 98 valence electrons. The summed E-state index contributed by atoms with van der Waals surface area (Å²) in [6.45, 7) is 9.13. The first-order valence-corrected chi connectivity index (χ1v) is 6.35. The average molecular weight is 247 g/mol. The Kier molecular flexibility index (Phi) is 3.20. The van der Waals surface area contributed by atoms with Gasteiger partial charge in [0.1, 0.15) is 11.3 Å². The third-order valence-corrected chi connectivity index (χ3v) is 2.81. The molecule has 1 aromatic heterocycles. The predicted octanol–water partition coefficient (Wildman–Crippen LogP) is 3.16. The number of fused-ring (bicyclic) bond motifs is 1. The molecule has 0 aliphatic heterocycles. The largest absolute Gasteiger partial charge is 0.491 e. The van der Waals surface area contributed by atoms with Crippen molar-refractivity contribution in [1.82, 2.24) is 9.55 Å². The van der Waals surface area contributed by atoms with Crippen molar-refractivity contribution in [3.63, 3.8) is 0 Å². The number of nitrogen functional groups attached to an aromatic ring is 1. The number of benzene rings is 1. The summed E-state index contributed by atoms with van der Waals surface area (Å²) in [4.78, 5) is 4.45. The van der Waals surface area contributed by atoms with Crippen LogP contribution in [-0.2, 0) is 5.54 Å². The van der Waals surface area contributed by atoms with Gasteiger partial charge in [-0.15, -0.1) is 0 Å². The number of ether oxygens (including phenoxy) is 1. The number of hydrogen-bond acceptors (Lipinski definition) is 3. The van der Waals surface area contributed by atoms with Gasteiger partial charge >= 0.3 is 0 Å². The van der Waals surface area contributed by atoms with E-state index in [4.69, 9.17) is 10.5 Å². The van der Waals surface area contributed by atoms with Crippen LogP contribution in [0.25, 0.3) is 11.0 Å². The summed E-state index contributed by atoms with van der Waals surface area (Å²) in [5, 5.41) is 0. The molecule has 0 aliphatic carbocycles. The number of nitrogens with zero attached hydrogens (tertiary/aromatic N) is 2. The molecule has 2 N–H and O–H groups in total. The summed E-state index contributed by atoms with van der Waals surface area (Å²) in [7, 11) is 0. The molecule has 1 aromatic carbocycles. The predicted molar refractivity (Wildman–Crippen MR) is 74.9 cm³/mol. The van der Waals surface area contributed by atoms with E-state index in [1.54, 1.807) is 0 Å². The first kappa shape index (κ1) is 12.7. The topological polar surface area (TPSA) is 53.1 Å². The first-order chi connectivity index (χ1) is 8.45. The Labute approximate surface area is 108 Å². The molecule has 0 radical (unpaired) electrons. The SMILES string of the molecule is CCCOc1cccc2c1nc(N)n2C(C)(C)C. The van der Waals surface area contributed by atoms with Crippen LogP contribution in [0, 0.1) is 0 Å². The van der Waals surface area contributed by atoms with Gasteiger partial charge in [-0.1, -0.05) is 13.0 Å². The van der Waals surface area contributed by atoms with Crippen LogP contribution in [0.4, 0.5) is 5.95 Å². The van der Waals surface area contributed by atoms with Crippen molar-refractivity contribution in [2.24, 2.45) is 0 Å². The van der Waals surface area contributed by atoms with Gasteiger partial charge in [-0.05, 0) is 39.3 Å². The van der Waals surface area contributed by atoms with Gasteiger partial charge in [0.2, 0.25) is 5.95 Å². The van der Waals surface area contributed by atoms with E-state index in [2.05, 4.69) is 32.7 Å². The highest BCUT2D eigenvalue weighted by Gasteiger charge is 2.21. The van der Waals surface area contributed by atoms with E-state index in [0.717, 1.165) is 23.2 Å². The molecule has 0 saturated carbocycles. The number of anilines is 1. The molecule has 2 aromatic rings. The Morgan fingerprint density at radius 3 is 2.67 bits per heavy atom. The maximum Gasteiger partial charge on any atom is 0.201 e. The zero-order valence-electron chi connectivity index (χ0n) is 11.5. The fraction of sp³-hybridized carbons (Fsp3) is 0.500. The van der Waals surface area contributed by atoms with Crippen molar-refractivity contribution in [2.75, 3.05) is 12.3 Å². The summed E-state index contributed by atoms with van der Waals surface area (Å²) in [5.41, 5.74) is 7.81. The fourth-order valence-electron chi connectivity index (χ4n) is 2.13. The highest BCUT2D eigenvalue weighted by molar-refractivity contribution is 5.84. The van der Waals surface area contributed by atoms with Gasteiger partial charge in [0.25, 0.3) is 0 Å². The number of hydrogen-bond donors (Lipinski definition) is 1. The van der Waals surface area contributed by atoms with E-state index < -0.39 is 0 Å². The summed E-state index contributed by atoms with van der Waals surface area (Å²) in [6.07, 6.45) is 0.978. The Balaban J connectivity index is 2.60. The van der Waals surface area contributed by atoms with Gasteiger partial charge in [0.15, 0.2) is 0 Å². The summed E-state index contributed by atoms with van der Waals surface area (Å²) < 4.78 is 7.76. The molecular formula is C14H21N3O. The van der Waals surface area contributed by atoms with Crippen molar-refractivity contribution in [1.29, 1.82) is 0 Å². The molecule has 0 atom stereocenters. The number of aromatic nitrogens is 2. The molecule has 2 rings (SSSR count).